The highest BCUT2D eigenvalue weighted by atomic mass is 32.2. The molecular weight excluding hydrogens is 172 g/mol. The number of amides is 1. The van der Waals surface area contributed by atoms with Gasteiger partial charge < -0.3 is 10.6 Å². The summed E-state index contributed by atoms with van der Waals surface area (Å²) in [5, 5.41) is 6.20. The van der Waals surface area contributed by atoms with Crippen LogP contribution in [0.1, 0.15) is 6.42 Å². The summed E-state index contributed by atoms with van der Waals surface area (Å²) in [5.41, 5.74) is 0. The number of rotatable bonds is 4. The van der Waals surface area contributed by atoms with Crippen molar-refractivity contribution >= 4 is 17.7 Å². The van der Waals surface area contributed by atoms with Gasteiger partial charge in [0.2, 0.25) is 5.91 Å². The van der Waals surface area contributed by atoms with Crippen LogP contribution in [0.25, 0.3) is 0 Å². The van der Waals surface area contributed by atoms with Gasteiger partial charge in [0.05, 0.1) is 5.75 Å². The van der Waals surface area contributed by atoms with Crippen LogP contribution in [0.5, 0.6) is 0 Å². The molecule has 1 saturated heterocycles. The minimum atomic E-state index is 0.161. The third-order valence-corrected chi connectivity index (χ3v) is 2.58. The maximum Gasteiger partial charge on any atom is 0.229 e. The number of nitrogens with one attached hydrogen (secondary N) is 2. The maximum atomic E-state index is 11.0. The zero-order valence-electron chi connectivity index (χ0n) is 7.43. The largest absolute Gasteiger partial charge is 0.355 e. The number of hydrogen-bond donors (Lipinski definition) is 2. The Morgan fingerprint density at radius 2 is 2.58 bits per heavy atom. The smallest absolute Gasteiger partial charge is 0.229 e. The second-order valence-corrected chi connectivity index (χ2v) is 3.96. The monoisotopic (exact) mass is 188 g/mol. The first-order valence-corrected chi connectivity index (χ1v) is 5.68. The quantitative estimate of drug-likeness (QED) is 0.656. The molecule has 1 rings (SSSR count). The van der Waals surface area contributed by atoms with Crippen molar-refractivity contribution < 1.29 is 4.79 Å². The lowest BCUT2D eigenvalue weighted by atomic mass is 10.1. The van der Waals surface area contributed by atoms with Crippen LogP contribution in [0.4, 0.5) is 0 Å². The Hall–Kier alpha value is -0.220. The van der Waals surface area contributed by atoms with E-state index in [1.807, 2.05) is 6.26 Å². The molecule has 1 unspecified atom stereocenters. The second-order valence-electron chi connectivity index (χ2n) is 3.10. The standard InChI is InChI=1S/C8H16N2OS/c1-12-6-8(11)10-5-7-2-3-9-4-7/h7,9H,2-6H2,1H3,(H,10,11). The van der Waals surface area contributed by atoms with E-state index >= 15 is 0 Å². The van der Waals surface area contributed by atoms with E-state index in [9.17, 15) is 4.79 Å². The van der Waals surface area contributed by atoms with E-state index in [1.54, 1.807) is 11.8 Å². The van der Waals surface area contributed by atoms with Crippen molar-refractivity contribution in [3.63, 3.8) is 0 Å². The molecule has 2 N–H and O–H groups in total. The van der Waals surface area contributed by atoms with Crippen molar-refractivity contribution in [1.82, 2.24) is 10.6 Å². The topological polar surface area (TPSA) is 41.1 Å². The first-order chi connectivity index (χ1) is 5.83. The molecule has 70 valence electrons. The predicted molar refractivity (Wildman–Crippen MR) is 52.4 cm³/mol. The van der Waals surface area contributed by atoms with Crippen LogP contribution in [0.2, 0.25) is 0 Å². The van der Waals surface area contributed by atoms with E-state index in [4.69, 9.17) is 0 Å². The highest BCUT2D eigenvalue weighted by Crippen LogP contribution is 2.05. The third-order valence-electron chi connectivity index (χ3n) is 2.03. The Bertz CT molecular complexity index is 146. The first-order valence-electron chi connectivity index (χ1n) is 4.29. The third kappa shape index (κ3) is 3.45. The van der Waals surface area contributed by atoms with E-state index in [2.05, 4.69) is 10.6 Å². The van der Waals surface area contributed by atoms with Crippen LogP contribution in [0.15, 0.2) is 0 Å². The lowest BCUT2D eigenvalue weighted by Crippen LogP contribution is -2.31. The molecule has 1 aliphatic heterocycles. The summed E-state index contributed by atoms with van der Waals surface area (Å²) in [6, 6.07) is 0. The van der Waals surface area contributed by atoms with Crippen molar-refractivity contribution in [2.75, 3.05) is 31.6 Å². The Kier molecular flexibility index (Phi) is 4.46. The molecular formula is C8H16N2OS. The van der Waals surface area contributed by atoms with Gasteiger partial charge in [0.15, 0.2) is 0 Å². The Morgan fingerprint density at radius 3 is 3.17 bits per heavy atom. The number of carbonyl (C=O) groups excluding carboxylic acids is 1. The van der Waals surface area contributed by atoms with Gasteiger partial charge in [0.1, 0.15) is 0 Å². The fourth-order valence-electron chi connectivity index (χ4n) is 1.33. The van der Waals surface area contributed by atoms with Crippen LogP contribution in [-0.4, -0.2) is 37.6 Å². The van der Waals surface area contributed by atoms with E-state index in [-0.39, 0.29) is 5.91 Å². The van der Waals surface area contributed by atoms with E-state index in [0.717, 1.165) is 19.6 Å². The summed E-state index contributed by atoms with van der Waals surface area (Å²) in [4.78, 5) is 11.0. The molecule has 0 saturated carbocycles. The molecule has 0 aromatic carbocycles. The molecule has 1 fully saturated rings. The van der Waals surface area contributed by atoms with Gasteiger partial charge in [-0.2, -0.15) is 11.8 Å². The van der Waals surface area contributed by atoms with E-state index in [0.29, 0.717) is 11.7 Å². The van der Waals surface area contributed by atoms with Gasteiger partial charge >= 0.3 is 0 Å². The van der Waals surface area contributed by atoms with Crippen molar-refractivity contribution in [2.24, 2.45) is 5.92 Å². The zero-order valence-corrected chi connectivity index (χ0v) is 8.25. The molecule has 0 spiro atoms. The number of thioether (sulfide) groups is 1. The molecule has 1 atom stereocenters. The molecule has 0 bridgehead atoms. The molecule has 12 heavy (non-hydrogen) atoms. The van der Waals surface area contributed by atoms with Crippen LogP contribution in [0.3, 0.4) is 0 Å². The van der Waals surface area contributed by atoms with Crippen LogP contribution < -0.4 is 10.6 Å². The Morgan fingerprint density at radius 1 is 1.75 bits per heavy atom. The van der Waals surface area contributed by atoms with Crippen LogP contribution in [0, 0.1) is 5.92 Å². The van der Waals surface area contributed by atoms with Gasteiger partial charge in [-0.1, -0.05) is 0 Å². The molecule has 1 aliphatic rings. The van der Waals surface area contributed by atoms with Crippen molar-refractivity contribution in [3.05, 3.63) is 0 Å². The Balaban J connectivity index is 2.03. The van der Waals surface area contributed by atoms with Crippen molar-refractivity contribution in [3.8, 4) is 0 Å². The van der Waals surface area contributed by atoms with Crippen molar-refractivity contribution in [2.45, 2.75) is 6.42 Å². The van der Waals surface area contributed by atoms with Gasteiger partial charge in [-0.3, -0.25) is 4.79 Å². The summed E-state index contributed by atoms with van der Waals surface area (Å²) < 4.78 is 0. The van der Waals surface area contributed by atoms with Gasteiger partial charge in [-0.05, 0) is 31.7 Å². The highest BCUT2D eigenvalue weighted by Gasteiger charge is 2.14. The van der Waals surface area contributed by atoms with Gasteiger partial charge in [-0.15, -0.1) is 0 Å². The first kappa shape index (κ1) is 9.86. The normalized spacial score (nSPS) is 22.6. The van der Waals surface area contributed by atoms with Gasteiger partial charge in [-0.25, -0.2) is 0 Å². The molecule has 4 heteroatoms. The summed E-state index contributed by atoms with van der Waals surface area (Å²) in [6.45, 7) is 3.00. The van der Waals surface area contributed by atoms with E-state index < -0.39 is 0 Å². The fraction of sp³-hybridized carbons (Fsp3) is 0.875. The van der Waals surface area contributed by atoms with Crippen LogP contribution in [-0.2, 0) is 4.79 Å². The SMILES string of the molecule is CSCC(=O)NCC1CCNC1. The van der Waals surface area contributed by atoms with Gasteiger partial charge in [0, 0.05) is 6.54 Å². The predicted octanol–water partition coefficient (Wildman–Crippen LogP) is 0.0751. The summed E-state index contributed by atoms with van der Waals surface area (Å²) in [7, 11) is 0. The average molecular weight is 188 g/mol. The zero-order chi connectivity index (χ0) is 8.81. The molecule has 0 aromatic rings. The minimum absolute atomic E-state index is 0.161. The minimum Gasteiger partial charge on any atom is -0.355 e. The lowest BCUT2D eigenvalue weighted by molar-refractivity contribution is -0.118. The number of hydrogen-bond acceptors (Lipinski definition) is 3. The molecule has 0 aromatic heterocycles. The maximum absolute atomic E-state index is 11.0. The molecule has 3 nitrogen and oxygen atoms in total. The van der Waals surface area contributed by atoms with Crippen molar-refractivity contribution in [1.29, 1.82) is 0 Å². The van der Waals surface area contributed by atoms with Gasteiger partial charge in [0.25, 0.3) is 0 Å². The summed E-state index contributed by atoms with van der Waals surface area (Å²) in [6.07, 6.45) is 3.14. The average Bonchev–Trinajstić information content (AvgIpc) is 2.53. The highest BCUT2D eigenvalue weighted by molar-refractivity contribution is 7.99. The van der Waals surface area contributed by atoms with E-state index in [1.165, 1.54) is 6.42 Å². The molecule has 1 heterocycles. The Labute approximate surface area is 77.7 Å². The second kappa shape index (κ2) is 5.43. The summed E-state index contributed by atoms with van der Waals surface area (Å²) >= 11 is 1.56. The fourth-order valence-corrected chi connectivity index (χ4v) is 1.69. The lowest BCUT2D eigenvalue weighted by Gasteiger charge is -2.08. The van der Waals surface area contributed by atoms with Crippen LogP contribution >= 0.6 is 11.8 Å². The number of carbonyl (C=O) groups is 1. The molecule has 0 aliphatic carbocycles. The molecule has 1 amide bonds. The summed E-state index contributed by atoms with van der Waals surface area (Å²) in [5.74, 6) is 1.39. The molecule has 0 radical (unpaired) electrons.